The molecule has 29 heavy (non-hydrogen) atoms. The molecule has 1 fully saturated rings. The SMILES string of the molecule is CN(Cc1ccccc1)C(=O)c1cncc(N2CCN(c3ncccn3)CC2)c1. The summed E-state index contributed by atoms with van der Waals surface area (Å²) in [5, 5.41) is 0. The third-order valence-corrected chi connectivity index (χ3v) is 5.06. The number of rotatable bonds is 5. The van der Waals surface area contributed by atoms with Gasteiger partial charge in [-0.1, -0.05) is 30.3 Å². The van der Waals surface area contributed by atoms with Crippen LogP contribution in [0.5, 0.6) is 0 Å². The Morgan fingerprint density at radius 2 is 1.66 bits per heavy atom. The van der Waals surface area contributed by atoms with Gasteiger partial charge < -0.3 is 14.7 Å². The number of hydrogen-bond donors (Lipinski definition) is 0. The lowest BCUT2D eigenvalue weighted by Gasteiger charge is -2.36. The first-order valence-electron chi connectivity index (χ1n) is 9.72. The number of amides is 1. The van der Waals surface area contributed by atoms with Crippen LogP contribution in [0, 0.1) is 0 Å². The van der Waals surface area contributed by atoms with Gasteiger partial charge in [-0.2, -0.15) is 0 Å². The summed E-state index contributed by atoms with van der Waals surface area (Å²) in [5.41, 5.74) is 2.68. The summed E-state index contributed by atoms with van der Waals surface area (Å²) in [6.45, 7) is 3.89. The molecule has 1 aliphatic rings. The molecule has 0 bridgehead atoms. The molecule has 2 aromatic heterocycles. The minimum absolute atomic E-state index is 0.0282. The van der Waals surface area contributed by atoms with E-state index in [4.69, 9.17) is 0 Å². The summed E-state index contributed by atoms with van der Waals surface area (Å²) in [6.07, 6.45) is 6.99. The van der Waals surface area contributed by atoms with Crippen molar-refractivity contribution in [3.63, 3.8) is 0 Å². The van der Waals surface area contributed by atoms with E-state index in [9.17, 15) is 4.79 Å². The van der Waals surface area contributed by atoms with Gasteiger partial charge in [-0.05, 0) is 17.7 Å². The highest BCUT2D eigenvalue weighted by atomic mass is 16.2. The van der Waals surface area contributed by atoms with Gasteiger partial charge in [-0.15, -0.1) is 0 Å². The van der Waals surface area contributed by atoms with Crippen molar-refractivity contribution >= 4 is 17.5 Å². The molecule has 0 aliphatic carbocycles. The van der Waals surface area contributed by atoms with Crippen LogP contribution in [0.3, 0.4) is 0 Å². The zero-order valence-corrected chi connectivity index (χ0v) is 16.5. The number of carbonyl (C=O) groups excluding carboxylic acids is 1. The standard InChI is InChI=1S/C22H24N6O/c1-26(17-18-6-3-2-4-7-18)21(29)19-14-20(16-23-15-19)27-10-12-28(13-11-27)22-24-8-5-9-25-22/h2-9,14-16H,10-13,17H2,1H3. The Morgan fingerprint density at radius 3 is 2.38 bits per heavy atom. The van der Waals surface area contributed by atoms with Gasteiger partial charge in [0.2, 0.25) is 5.95 Å². The van der Waals surface area contributed by atoms with Gasteiger partial charge in [-0.3, -0.25) is 9.78 Å². The highest BCUT2D eigenvalue weighted by Crippen LogP contribution is 2.19. The van der Waals surface area contributed by atoms with Crippen molar-refractivity contribution in [3.8, 4) is 0 Å². The smallest absolute Gasteiger partial charge is 0.255 e. The van der Waals surface area contributed by atoms with Crippen LogP contribution in [0.15, 0.2) is 67.3 Å². The van der Waals surface area contributed by atoms with Gasteiger partial charge >= 0.3 is 0 Å². The molecule has 1 aliphatic heterocycles. The number of nitrogens with zero attached hydrogens (tertiary/aromatic N) is 6. The second-order valence-electron chi connectivity index (χ2n) is 7.10. The lowest BCUT2D eigenvalue weighted by atomic mass is 10.2. The summed E-state index contributed by atoms with van der Waals surface area (Å²) in [6, 6.07) is 13.7. The molecule has 0 unspecified atom stereocenters. The van der Waals surface area contributed by atoms with Gasteiger partial charge in [0.25, 0.3) is 5.91 Å². The molecule has 1 aromatic carbocycles. The van der Waals surface area contributed by atoms with Crippen molar-refractivity contribution in [3.05, 3.63) is 78.4 Å². The zero-order chi connectivity index (χ0) is 20.1. The predicted molar refractivity (Wildman–Crippen MR) is 113 cm³/mol. The van der Waals surface area contributed by atoms with Crippen LogP contribution in [0.1, 0.15) is 15.9 Å². The monoisotopic (exact) mass is 388 g/mol. The van der Waals surface area contributed by atoms with E-state index in [0.29, 0.717) is 12.1 Å². The Balaban J connectivity index is 1.40. The first kappa shape index (κ1) is 18.9. The van der Waals surface area contributed by atoms with Crippen molar-refractivity contribution in [2.75, 3.05) is 43.0 Å². The van der Waals surface area contributed by atoms with Gasteiger partial charge in [0.15, 0.2) is 0 Å². The summed E-state index contributed by atoms with van der Waals surface area (Å²) in [4.78, 5) is 32.0. The van der Waals surface area contributed by atoms with Crippen molar-refractivity contribution in [1.82, 2.24) is 19.9 Å². The number of pyridine rings is 1. The predicted octanol–water partition coefficient (Wildman–Crippen LogP) is 2.47. The molecule has 4 rings (SSSR count). The normalized spacial score (nSPS) is 14.0. The van der Waals surface area contributed by atoms with E-state index in [1.165, 1.54) is 0 Å². The van der Waals surface area contributed by atoms with E-state index < -0.39 is 0 Å². The first-order valence-corrected chi connectivity index (χ1v) is 9.72. The largest absolute Gasteiger partial charge is 0.367 e. The lowest BCUT2D eigenvalue weighted by molar-refractivity contribution is 0.0784. The summed E-state index contributed by atoms with van der Waals surface area (Å²) in [5.74, 6) is 0.733. The van der Waals surface area contributed by atoms with Crippen LogP contribution >= 0.6 is 0 Å². The molecular weight excluding hydrogens is 364 g/mol. The molecule has 3 aromatic rings. The topological polar surface area (TPSA) is 65.5 Å². The Bertz CT molecular complexity index is 942. The quantitative estimate of drug-likeness (QED) is 0.669. The van der Waals surface area contributed by atoms with E-state index in [1.807, 2.05) is 55.7 Å². The fourth-order valence-electron chi connectivity index (χ4n) is 3.49. The number of anilines is 2. The molecule has 7 heteroatoms. The average molecular weight is 388 g/mol. The summed E-state index contributed by atoms with van der Waals surface area (Å²) in [7, 11) is 1.82. The van der Waals surface area contributed by atoms with Gasteiger partial charge in [0, 0.05) is 58.4 Å². The zero-order valence-electron chi connectivity index (χ0n) is 16.5. The number of carbonyl (C=O) groups is 1. The van der Waals surface area contributed by atoms with Crippen molar-refractivity contribution in [2.45, 2.75) is 6.54 Å². The Hall–Kier alpha value is -3.48. The van der Waals surface area contributed by atoms with Crippen LogP contribution < -0.4 is 9.80 Å². The van der Waals surface area contributed by atoms with Gasteiger partial charge in [0.1, 0.15) is 0 Å². The third-order valence-electron chi connectivity index (χ3n) is 5.06. The number of benzene rings is 1. The van der Waals surface area contributed by atoms with E-state index in [-0.39, 0.29) is 5.91 Å². The Morgan fingerprint density at radius 1 is 0.966 bits per heavy atom. The van der Waals surface area contributed by atoms with Crippen LogP contribution in [0.4, 0.5) is 11.6 Å². The minimum atomic E-state index is -0.0282. The van der Waals surface area contributed by atoms with Gasteiger partial charge in [0.05, 0.1) is 17.4 Å². The van der Waals surface area contributed by atoms with E-state index >= 15 is 0 Å². The summed E-state index contributed by atoms with van der Waals surface area (Å²) >= 11 is 0. The second kappa shape index (κ2) is 8.68. The average Bonchev–Trinajstić information content (AvgIpc) is 2.80. The molecule has 1 saturated heterocycles. The van der Waals surface area contributed by atoms with E-state index in [1.54, 1.807) is 23.5 Å². The highest BCUT2D eigenvalue weighted by Gasteiger charge is 2.20. The minimum Gasteiger partial charge on any atom is -0.367 e. The molecule has 0 radical (unpaired) electrons. The van der Waals surface area contributed by atoms with Crippen LogP contribution in [0.2, 0.25) is 0 Å². The maximum Gasteiger partial charge on any atom is 0.255 e. The molecule has 0 N–H and O–H groups in total. The fraction of sp³-hybridized carbons (Fsp3) is 0.273. The Kier molecular flexibility index (Phi) is 5.65. The van der Waals surface area contributed by atoms with Crippen molar-refractivity contribution in [2.24, 2.45) is 0 Å². The highest BCUT2D eigenvalue weighted by molar-refractivity contribution is 5.94. The van der Waals surface area contributed by atoms with E-state index in [2.05, 4.69) is 24.8 Å². The third kappa shape index (κ3) is 4.51. The molecule has 7 nitrogen and oxygen atoms in total. The van der Waals surface area contributed by atoms with Crippen LogP contribution in [-0.4, -0.2) is 59.0 Å². The molecule has 0 saturated carbocycles. The molecule has 0 atom stereocenters. The maximum atomic E-state index is 12.9. The first-order chi connectivity index (χ1) is 14.2. The Labute approximate surface area is 170 Å². The number of hydrogen-bond acceptors (Lipinski definition) is 6. The molecule has 1 amide bonds. The number of piperazine rings is 1. The van der Waals surface area contributed by atoms with Crippen molar-refractivity contribution < 1.29 is 4.79 Å². The number of aromatic nitrogens is 3. The van der Waals surface area contributed by atoms with Crippen molar-refractivity contribution in [1.29, 1.82) is 0 Å². The van der Waals surface area contributed by atoms with Crippen LogP contribution in [0.25, 0.3) is 0 Å². The molecule has 3 heterocycles. The van der Waals surface area contributed by atoms with E-state index in [0.717, 1.165) is 43.4 Å². The maximum absolute atomic E-state index is 12.9. The van der Waals surface area contributed by atoms with Gasteiger partial charge in [-0.25, -0.2) is 9.97 Å². The molecular formula is C22H24N6O. The molecule has 148 valence electrons. The lowest BCUT2D eigenvalue weighted by Crippen LogP contribution is -2.47. The summed E-state index contributed by atoms with van der Waals surface area (Å²) < 4.78 is 0. The van der Waals surface area contributed by atoms with Crippen LogP contribution in [-0.2, 0) is 6.54 Å². The molecule has 0 spiro atoms. The fourth-order valence-corrected chi connectivity index (χ4v) is 3.49. The second-order valence-corrected chi connectivity index (χ2v) is 7.10.